The molecule has 80 valence electrons. The van der Waals surface area contributed by atoms with Crippen molar-refractivity contribution in [3.05, 3.63) is 0 Å². The normalized spacial score (nSPS) is 20.3. The number of aliphatic carboxylic acids is 1. The standard InChI is InChI=1S/C9H10N2O4/c1-2-3-8(13)11-5-7(12)10-4-6(11)9(14)15/h1,6H,3-5H2,(H,10,12)(H,14,15). The fourth-order valence-electron chi connectivity index (χ4n) is 1.31. The molecule has 2 N–H and O–H groups in total. The highest BCUT2D eigenvalue weighted by Gasteiger charge is 2.34. The molecule has 0 saturated carbocycles. The van der Waals surface area contributed by atoms with E-state index >= 15 is 0 Å². The lowest BCUT2D eigenvalue weighted by Gasteiger charge is -2.32. The Morgan fingerprint density at radius 2 is 2.33 bits per heavy atom. The Morgan fingerprint density at radius 3 is 2.87 bits per heavy atom. The van der Waals surface area contributed by atoms with Gasteiger partial charge in [0.2, 0.25) is 11.8 Å². The number of carbonyl (C=O) groups is 3. The van der Waals surface area contributed by atoms with Crippen LogP contribution in [0.15, 0.2) is 0 Å². The van der Waals surface area contributed by atoms with Gasteiger partial charge in [-0.05, 0) is 0 Å². The van der Waals surface area contributed by atoms with Crippen molar-refractivity contribution in [1.29, 1.82) is 0 Å². The number of carbonyl (C=O) groups excluding carboxylic acids is 2. The molecule has 6 nitrogen and oxygen atoms in total. The summed E-state index contributed by atoms with van der Waals surface area (Å²) in [5.74, 6) is 0.0797. The van der Waals surface area contributed by atoms with E-state index in [-0.39, 0.29) is 25.4 Å². The van der Waals surface area contributed by atoms with Gasteiger partial charge in [-0.3, -0.25) is 9.59 Å². The molecule has 15 heavy (non-hydrogen) atoms. The summed E-state index contributed by atoms with van der Waals surface area (Å²) in [5.41, 5.74) is 0. The van der Waals surface area contributed by atoms with Crippen molar-refractivity contribution < 1.29 is 19.5 Å². The number of nitrogens with one attached hydrogen (secondary N) is 1. The van der Waals surface area contributed by atoms with Crippen LogP contribution in [0.2, 0.25) is 0 Å². The zero-order valence-corrected chi connectivity index (χ0v) is 7.90. The van der Waals surface area contributed by atoms with E-state index in [9.17, 15) is 14.4 Å². The van der Waals surface area contributed by atoms with Gasteiger partial charge in [-0.15, -0.1) is 6.42 Å². The first kappa shape index (κ1) is 11.0. The van der Waals surface area contributed by atoms with Gasteiger partial charge in [0.25, 0.3) is 0 Å². The smallest absolute Gasteiger partial charge is 0.328 e. The third-order valence-electron chi connectivity index (χ3n) is 2.04. The van der Waals surface area contributed by atoms with Gasteiger partial charge in [-0.2, -0.15) is 0 Å². The van der Waals surface area contributed by atoms with E-state index in [1.807, 2.05) is 0 Å². The first-order valence-electron chi connectivity index (χ1n) is 4.28. The lowest BCUT2D eigenvalue weighted by molar-refractivity contribution is -0.153. The molecule has 1 saturated heterocycles. The van der Waals surface area contributed by atoms with Crippen molar-refractivity contribution in [3.63, 3.8) is 0 Å². The van der Waals surface area contributed by atoms with Gasteiger partial charge in [0.1, 0.15) is 12.6 Å². The van der Waals surface area contributed by atoms with E-state index in [1.165, 1.54) is 0 Å². The van der Waals surface area contributed by atoms with Gasteiger partial charge in [-0.1, -0.05) is 5.92 Å². The lowest BCUT2D eigenvalue weighted by atomic mass is 10.1. The van der Waals surface area contributed by atoms with Crippen LogP contribution in [0.3, 0.4) is 0 Å². The van der Waals surface area contributed by atoms with E-state index < -0.39 is 17.9 Å². The highest BCUT2D eigenvalue weighted by atomic mass is 16.4. The molecule has 2 amide bonds. The van der Waals surface area contributed by atoms with Crippen molar-refractivity contribution in [1.82, 2.24) is 10.2 Å². The van der Waals surface area contributed by atoms with Crippen LogP contribution in [-0.2, 0) is 14.4 Å². The molecule has 0 bridgehead atoms. The number of hydrogen-bond acceptors (Lipinski definition) is 3. The fraction of sp³-hybridized carbons (Fsp3) is 0.444. The minimum atomic E-state index is -1.15. The maximum Gasteiger partial charge on any atom is 0.328 e. The quantitative estimate of drug-likeness (QED) is 0.538. The molecule has 0 radical (unpaired) electrons. The maximum absolute atomic E-state index is 11.4. The van der Waals surface area contributed by atoms with Crippen molar-refractivity contribution in [2.45, 2.75) is 12.5 Å². The van der Waals surface area contributed by atoms with Crippen molar-refractivity contribution in [2.24, 2.45) is 0 Å². The topological polar surface area (TPSA) is 86.7 Å². The molecule has 1 aliphatic heterocycles. The summed E-state index contributed by atoms with van der Waals surface area (Å²) in [4.78, 5) is 34.2. The fourth-order valence-corrected chi connectivity index (χ4v) is 1.31. The number of piperazine rings is 1. The number of carboxylic acid groups (broad SMARTS) is 1. The monoisotopic (exact) mass is 210 g/mol. The Morgan fingerprint density at radius 1 is 1.67 bits per heavy atom. The second-order valence-corrected chi connectivity index (χ2v) is 3.06. The summed E-state index contributed by atoms with van der Waals surface area (Å²) in [7, 11) is 0. The summed E-state index contributed by atoms with van der Waals surface area (Å²) >= 11 is 0. The second kappa shape index (κ2) is 4.46. The molecule has 0 aliphatic carbocycles. The average molecular weight is 210 g/mol. The van der Waals surface area contributed by atoms with E-state index in [0.29, 0.717) is 0 Å². The molecule has 1 atom stereocenters. The Balaban J connectivity index is 2.79. The minimum absolute atomic E-state index is 0.0789. The van der Waals surface area contributed by atoms with Gasteiger partial charge in [0.15, 0.2) is 0 Å². The summed E-state index contributed by atoms with van der Waals surface area (Å²) < 4.78 is 0. The molecular weight excluding hydrogens is 200 g/mol. The van der Waals surface area contributed by atoms with Crippen molar-refractivity contribution in [2.75, 3.05) is 13.1 Å². The van der Waals surface area contributed by atoms with Crippen LogP contribution >= 0.6 is 0 Å². The van der Waals surface area contributed by atoms with Crippen molar-refractivity contribution in [3.8, 4) is 12.3 Å². The molecule has 0 aromatic rings. The van der Waals surface area contributed by atoms with Crippen LogP contribution in [0.5, 0.6) is 0 Å². The summed E-state index contributed by atoms with van der Waals surface area (Å²) in [6.07, 6.45) is 4.75. The Labute approximate surface area is 86.2 Å². The molecule has 1 heterocycles. The molecule has 1 rings (SSSR count). The molecular formula is C9H10N2O4. The van der Waals surface area contributed by atoms with Gasteiger partial charge >= 0.3 is 5.97 Å². The first-order valence-corrected chi connectivity index (χ1v) is 4.28. The van der Waals surface area contributed by atoms with Crippen LogP contribution in [0.4, 0.5) is 0 Å². The summed E-state index contributed by atoms with van der Waals surface area (Å²) in [6, 6.07) is -1.02. The SMILES string of the molecule is C#CCC(=O)N1CC(=O)NCC1C(=O)O. The van der Waals surface area contributed by atoms with Crippen LogP contribution in [0.25, 0.3) is 0 Å². The van der Waals surface area contributed by atoms with Crippen LogP contribution in [-0.4, -0.2) is 46.9 Å². The zero-order valence-electron chi connectivity index (χ0n) is 7.90. The number of carboxylic acids is 1. The molecule has 1 fully saturated rings. The average Bonchev–Trinajstić information content (AvgIpc) is 2.17. The lowest BCUT2D eigenvalue weighted by Crippen LogP contribution is -2.59. The minimum Gasteiger partial charge on any atom is -0.480 e. The van der Waals surface area contributed by atoms with E-state index in [0.717, 1.165) is 4.90 Å². The highest BCUT2D eigenvalue weighted by molar-refractivity contribution is 5.91. The zero-order chi connectivity index (χ0) is 11.4. The van der Waals surface area contributed by atoms with Crippen molar-refractivity contribution >= 4 is 17.8 Å². The van der Waals surface area contributed by atoms with Gasteiger partial charge in [0.05, 0.1) is 6.42 Å². The maximum atomic E-state index is 11.4. The third-order valence-corrected chi connectivity index (χ3v) is 2.04. The van der Waals surface area contributed by atoms with Gasteiger partial charge in [-0.25, -0.2) is 4.79 Å². The Bertz CT molecular complexity index is 345. The second-order valence-electron chi connectivity index (χ2n) is 3.06. The van der Waals surface area contributed by atoms with E-state index in [2.05, 4.69) is 11.2 Å². The molecule has 6 heteroatoms. The van der Waals surface area contributed by atoms with E-state index in [1.54, 1.807) is 0 Å². The van der Waals surface area contributed by atoms with Crippen LogP contribution in [0.1, 0.15) is 6.42 Å². The molecule has 1 aliphatic rings. The molecule has 0 aromatic carbocycles. The predicted molar refractivity (Wildman–Crippen MR) is 49.6 cm³/mol. The van der Waals surface area contributed by atoms with Crippen LogP contribution < -0.4 is 5.32 Å². The number of amides is 2. The third kappa shape index (κ3) is 2.47. The van der Waals surface area contributed by atoms with Crippen LogP contribution in [0, 0.1) is 12.3 Å². The molecule has 0 spiro atoms. The Hall–Kier alpha value is -2.03. The largest absolute Gasteiger partial charge is 0.480 e. The van der Waals surface area contributed by atoms with E-state index in [4.69, 9.17) is 11.5 Å². The predicted octanol–water partition coefficient (Wildman–Crippen LogP) is -1.58. The molecule has 0 aromatic heterocycles. The highest BCUT2D eigenvalue weighted by Crippen LogP contribution is 2.06. The van der Waals surface area contributed by atoms with Gasteiger partial charge < -0.3 is 15.3 Å². The Kier molecular flexibility index (Phi) is 3.29. The number of rotatable bonds is 2. The summed E-state index contributed by atoms with van der Waals surface area (Å²) in [6.45, 7) is -0.331. The summed E-state index contributed by atoms with van der Waals surface area (Å²) in [5, 5.41) is 11.2. The first-order chi connectivity index (χ1) is 7.06. The number of terminal acetylenes is 1. The number of hydrogen-bond donors (Lipinski definition) is 2. The number of nitrogens with zero attached hydrogens (tertiary/aromatic N) is 1. The van der Waals surface area contributed by atoms with Gasteiger partial charge in [0, 0.05) is 6.54 Å². The molecule has 1 unspecified atom stereocenters.